The van der Waals surface area contributed by atoms with Gasteiger partial charge in [-0.05, 0) is 50.0 Å². The summed E-state index contributed by atoms with van der Waals surface area (Å²) in [6.45, 7) is 10.0. The van der Waals surface area contributed by atoms with Crippen molar-refractivity contribution in [3.63, 3.8) is 0 Å². The standard InChI is InChI=1S/C16H31F3N2/c1-11(2)14(12(3)4)9-21-15(10-20)7-5-13(6-8-15)16(17,18)19/h11-14,21H,5-10,20H2,1-4H3. The molecule has 2 nitrogen and oxygen atoms in total. The Kier molecular flexibility index (Phi) is 6.54. The summed E-state index contributed by atoms with van der Waals surface area (Å²) >= 11 is 0. The molecule has 1 rings (SSSR count). The molecule has 0 bridgehead atoms. The van der Waals surface area contributed by atoms with Crippen LogP contribution >= 0.6 is 0 Å². The van der Waals surface area contributed by atoms with Gasteiger partial charge in [0.25, 0.3) is 0 Å². The lowest BCUT2D eigenvalue weighted by molar-refractivity contribution is -0.185. The molecule has 1 aliphatic rings. The minimum Gasteiger partial charge on any atom is -0.329 e. The molecule has 0 atom stereocenters. The van der Waals surface area contributed by atoms with Crippen LogP contribution in [-0.4, -0.2) is 24.8 Å². The fourth-order valence-corrected chi connectivity index (χ4v) is 3.53. The second-order valence-corrected chi connectivity index (χ2v) is 7.33. The summed E-state index contributed by atoms with van der Waals surface area (Å²) < 4.78 is 38.3. The van der Waals surface area contributed by atoms with Crippen LogP contribution in [0, 0.1) is 23.7 Å². The quantitative estimate of drug-likeness (QED) is 0.779. The topological polar surface area (TPSA) is 38.0 Å². The largest absolute Gasteiger partial charge is 0.391 e. The molecule has 0 aromatic rings. The minimum atomic E-state index is -4.06. The molecule has 0 aliphatic heterocycles. The van der Waals surface area contributed by atoms with Gasteiger partial charge in [0.05, 0.1) is 5.92 Å². The van der Waals surface area contributed by atoms with Gasteiger partial charge in [-0.1, -0.05) is 27.7 Å². The molecular weight excluding hydrogens is 277 g/mol. The number of nitrogens with two attached hydrogens (primary N) is 1. The molecule has 1 aliphatic carbocycles. The summed E-state index contributed by atoms with van der Waals surface area (Å²) in [5, 5.41) is 3.53. The number of hydrogen-bond acceptors (Lipinski definition) is 2. The highest BCUT2D eigenvalue weighted by molar-refractivity contribution is 4.95. The van der Waals surface area contributed by atoms with Crippen LogP contribution in [0.5, 0.6) is 0 Å². The maximum absolute atomic E-state index is 12.8. The normalized spacial score (nSPS) is 27.9. The Labute approximate surface area is 127 Å². The Hall–Kier alpha value is -0.290. The van der Waals surface area contributed by atoms with Crippen LogP contribution in [0.1, 0.15) is 53.4 Å². The Bertz CT molecular complexity index is 297. The average Bonchev–Trinajstić information content (AvgIpc) is 2.37. The Morgan fingerprint density at radius 2 is 1.57 bits per heavy atom. The molecule has 0 aromatic carbocycles. The van der Waals surface area contributed by atoms with Crippen molar-refractivity contribution in [1.29, 1.82) is 0 Å². The van der Waals surface area contributed by atoms with Crippen LogP contribution in [0.25, 0.3) is 0 Å². The summed E-state index contributed by atoms with van der Waals surface area (Å²) in [7, 11) is 0. The molecular formula is C16H31F3N2. The van der Waals surface area contributed by atoms with E-state index in [2.05, 4.69) is 33.0 Å². The van der Waals surface area contributed by atoms with Gasteiger partial charge in [0, 0.05) is 12.1 Å². The molecule has 126 valence electrons. The summed E-state index contributed by atoms with van der Waals surface area (Å²) in [5.41, 5.74) is 5.59. The van der Waals surface area contributed by atoms with Crippen molar-refractivity contribution in [2.45, 2.75) is 65.1 Å². The molecule has 3 N–H and O–H groups in total. The lowest BCUT2D eigenvalue weighted by Crippen LogP contribution is -2.56. The second kappa shape index (κ2) is 7.32. The summed E-state index contributed by atoms with van der Waals surface area (Å²) in [5.74, 6) is 0.483. The predicted octanol–water partition coefficient (Wildman–Crippen LogP) is 3.95. The molecule has 0 heterocycles. The SMILES string of the molecule is CC(C)C(CNC1(CN)CCC(C(F)(F)F)CC1)C(C)C. The minimum absolute atomic E-state index is 0.196. The maximum Gasteiger partial charge on any atom is 0.391 e. The van der Waals surface area contributed by atoms with Crippen LogP contribution in [0.2, 0.25) is 0 Å². The third kappa shape index (κ3) is 5.13. The highest BCUT2D eigenvalue weighted by atomic mass is 19.4. The zero-order valence-corrected chi connectivity index (χ0v) is 13.8. The van der Waals surface area contributed by atoms with Crippen molar-refractivity contribution in [2.24, 2.45) is 29.4 Å². The van der Waals surface area contributed by atoms with Crippen molar-refractivity contribution in [3.05, 3.63) is 0 Å². The van der Waals surface area contributed by atoms with Gasteiger partial charge < -0.3 is 11.1 Å². The maximum atomic E-state index is 12.8. The van der Waals surface area contributed by atoms with Crippen LogP contribution < -0.4 is 11.1 Å². The van der Waals surface area contributed by atoms with Crippen LogP contribution in [-0.2, 0) is 0 Å². The van der Waals surface area contributed by atoms with E-state index in [4.69, 9.17) is 5.73 Å². The van der Waals surface area contributed by atoms with Gasteiger partial charge in [0.15, 0.2) is 0 Å². The zero-order chi connectivity index (χ0) is 16.3. The summed E-state index contributed by atoms with van der Waals surface area (Å²) in [6, 6.07) is 0. The molecule has 0 aromatic heterocycles. The van der Waals surface area contributed by atoms with Gasteiger partial charge in [0.1, 0.15) is 0 Å². The third-order valence-electron chi connectivity index (χ3n) is 5.22. The van der Waals surface area contributed by atoms with Gasteiger partial charge in [-0.2, -0.15) is 13.2 Å². The van der Waals surface area contributed by atoms with E-state index < -0.39 is 12.1 Å². The van der Waals surface area contributed by atoms with Crippen molar-refractivity contribution < 1.29 is 13.2 Å². The molecule has 0 amide bonds. The van der Waals surface area contributed by atoms with Gasteiger partial charge in [-0.3, -0.25) is 0 Å². The molecule has 5 heteroatoms. The highest BCUT2D eigenvalue weighted by Gasteiger charge is 2.45. The van der Waals surface area contributed by atoms with Gasteiger partial charge in [-0.15, -0.1) is 0 Å². The Morgan fingerprint density at radius 1 is 1.10 bits per heavy atom. The first kappa shape index (κ1) is 18.8. The molecule has 21 heavy (non-hydrogen) atoms. The number of nitrogens with one attached hydrogen (secondary N) is 1. The number of alkyl halides is 3. The van der Waals surface area contributed by atoms with Crippen LogP contribution in [0.3, 0.4) is 0 Å². The highest BCUT2D eigenvalue weighted by Crippen LogP contribution is 2.41. The van der Waals surface area contributed by atoms with E-state index >= 15 is 0 Å². The molecule has 0 radical (unpaired) electrons. The third-order valence-corrected chi connectivity index (χ3v) is 5.22. The number of rotatable bonds is 6. The average molecular weight is 308 g/mol. The van der Waals surface area contributed by atoms with E-state index in [1.54, 1.807) is 0 Å². The van der Waals surface area contributed by atoms with E-state index in [9.17, 15) is 13.2 Å². The monoisotopic (exact) mass is 308 g/mol. The summed E-state index contributed by atoms with van der Waals surface area (Å²) in [6.07, 6.45) is -2.62. The molecule has 1 saturated carbocycles. The van der Waals surface area contributed by atoms with E-state index in [0.29, 0.717) is 37.1 Å². The first-order valence-electron chi connectivity index (χ1n) is 8.13. The predicted molar refractivity (Wildman–Crippen MR) is 81.0 cm³/mol. The van der Waals surface area contributed by atoms with Crippen LogP contribution in [0.4, 0.5) is 13.2 Å². The van der Waals surface area contributed by atoms with Crippen LogP contribution in [0.15, 0.2) is 0 Å². The van der Waals surface area contributed by atoms with E-state index in [0.717, 1.165) is 6.54 Å². The number of hydrogen-bond donors (Lipinski definition) is 2. The summed E-state index contributed by atoms with van der Waals surface area (Å²) in [4.78, 5) is 0. The Balaban J connectivity index is 2.59. The van der Waals surface area contributed by atoms with E-state index in [1.807, 2.05) is 0 Å². The van der Waals surface area contributed by atoms with Gasteiger partial charge in [0.2, 0.25) is 0 Å². The molecule has 1 fully saturated rings. The number of halogens is 3. The first-order valence-corrected chi connectivity index (χ1v) is 8.13. The van der Waals surface area contributed by atoms with Gasteiger partial charge >= 0.3 is 6.18 Å². The second-order valence-electron chi connectivity index (χ2n) is 7.33. The molecule has 0 unspecified atom stereocenters. The molecule has 0 saturated heterocycles. The lowest BCUT2D eigenvalue weighted by atomic mass is 9.75. The Morgan fingerprint density at radius 3 is 1.90 bits per heavy atom. The van der Waals surface area contributed by atoms with Crippen molar-refractivity contribution in [3.8, 4) is 0 Å². The van der Waals surface area contributed by atoms with E-state index in [1.165, 1.54) is 0 Å². The van der Waals surface area contributed by atoms with Crippen molar-refractivity contribution in [1.82, 2.24) is 5.32 Å². The van der Waals surface area contributed by atoms with E-state index in [-0.39, 0.29) is 18.4 Å². The van der Waals surface area contributed by atoms with Gasteiger partial charge in [-0.25, -0.2) is 0 Å². The smallest absolute Gasteiger partial charge is 0.329 e. The fourth-order valence-electron chi connectivity index (χ4n) is 3.53. The van der Waals surface area contributed by atoms with Crippen molar-refractivity contribution in [2.75, 3.05) is 13.1 Å². The fraction of sp³-hybridized carbons (Fsp3) is 1.00. The first-order chi connectivity index (χ1) is 9.61. The zero-order valence-electron chi connectivity index (χ0n) is 13.8. The van der Waals surface area contributed by atoms with Crippen molar-refractivity contribution >= 4 is 0 Å². The lowest BCUT2D eigenvalue weighted by Gasteiger charge is -2.42. The molecule has 0 spiro atoms.